The van der Waals surface area contributed by atoms with Crippen molar-refractivity contribution in [3.63, 3.8) is 0 Å². The van der Waals surface area contributed by atoms with E-state index in [0.717, 1.165) is 56.1 Å². The Balaban J connectivity index is 1.45. The summed E-state index contributed by atoms with van der Waals surface area (Å²) in [6.07, 6.45) is 7.97. The van der Waals surface area contributed by atoms with E-state index in [1.165, 1.54) is 17.4 Å². The van der Waals surface area contributed by atoms with Gasteiger partial charge in [0.05, 0.1) is 0 Å². The van der Waals surface area contributed by atoms with Gasteiger partial charge >= 0.3 is 0 Å². The van der Waals surface area contributed by atoms with E-state index in [1.54, 1.807) is 6.20 Å². The lowest BCUT2D eigenvalue weighted by Crippen LogP contribution is -2.58. The van der Waals surface area contributed by atoms with Crippen LogP contribution in [0.1, 0.15) is 43.3 Å². The number of furan rings is 1. The standard InChI is InChI=1S/C23H29N3O2/c1-3-20-19(18-9-4-5-10-21(18)28-20)15-26-13-16-7-6-8-17(14-26)23(16,27)22-24-11-12-25(22)2/h4-5,9-12,16-17,27H,3,6-8,13-15H2,1-2H3/t16-,17-/m1/s1. The number of hydrogen-bond donors (Lipinski definition) is 1. The van der Waals surface area contributed by atoms with E-state index >= 15 is 0 Å². The number of benzene rings is 1. The molecule has 0 unspecified atom stereocenters. The van der Waals surface area contributed by atoms with Crippen LogP contribution in [-0.2, 0) is 25.6 Å². The first-order chi connectivity index (χ1) is 13.6. The summed E-state index contributed by atoms with van der Waals surface area (Å²) in [4.78, 5) is 7.07. The fraction of sp³-hybridized carbons (Fsp3) is 0.522. The van der Waals surface area contributed by atoms with Crippen molar-refractivity contribution in [1.29, 1.82) is 0 Å². The average molecular weight is 380 g/mol. The van der Waals surface area contributed by atoms with Crippen LogP contribution in [0.3, 0.4) is 0 Å². The Hall–Kier alpha value is -2.11. The fourth-order valence-electron chi connectivity index (χ4n) is 5.62. The van der Waals surface area contributed by atoms with Crippen LogP contribution in [0.2, 0.25) is 0 Å². The third-order valence-corrected chi connectivity index (χ3v) is 6.97. The summed E-state index contributed by atoms with van der Waals surface area (Å²) in [5, 5.41) is 13.0. The third kappa shape index (κ3) is 2.64. The maximum atomic E-state index is 11.8. The smallest absolute Gasteiger partial charge is 0.141 e. The zero-order valence-electron chi connectivity index (χ0n) is 16.8. The minimum absolute atomic E-state index is 0.226. The van der Waals surface area contributed by atoms with Gasteiger partial charge in [0.2, 0.25) is 0 Å². The predicted octanol–water partition coefficient (Wildman–Crippen LogP) is 3.85. The summed E-state index contributed by atoms with van der Waals surface area (Å²) in [6, 6.07) is 8.35. The molecule has 1 aliphatic carbocycles. The van der Waals surface area contributed by atoms with Crippen molar-refractivity contribution in [2.75, 3.05) is 13.1 Å². The van der Waals surface area contributed by atoms with Crippen LogP contribution in [0.4, 0.5) is 0 Å². The molecule has 1 saturated heterocycles. The van der Waals surface area contributed by atoms with E-state index in [0.29, 0.717) is 0 Å². The van der Waals surface area contributed by atoms with Crippen molar-refractivity contribution in [1.82, 2.24) is 14.5 Å². The molecule has 2 aliphatic rings. The molecular weight excluding hydrogens is 350 g/mol. The Morgan fingerprint density at radius 2 is 1.96 bits per heavy atom. The number of imidazole rings is 1. The normalized spacial score (nSPS) is 28.1. The van der Waals surface area contributed by atoms with Gasteiger partial charge in [-0.25, -0.2) is 4.98 Å². The van der Waals surface area contributed by atoms with E-state index in [1.807, 2.05) is 23.9 Å². The number of piperidine rings is 1. The first-order valence-electron chi connectivity index (χ1n) is 10.5. The van der Waals surface area contributed by atoms with Crippen LogP contribution >= 0.6 is 0 Å². The van der Waals surface area contributed by atoms with Gasteiger partial charge in [-0.3, -0.25) is 4.90 Å². The Morgan fingerprint density at radius 3 is 2.64 bits per heavy atom. The van der Waals surface area contributed by atoms with Gasteiger partial charge in [-0.05, 0) is 18.9 Å². The molecule has 2 fully saturated rings. The number of para-hydroxylation sites is 1. The maximum absolute atomic E-state index is 11.8. The molecule has 28 heavy (non-hydrogen) atoms. The van der Waals surface area contributed by atoms with E-state index in [9.17, 15) is 5.11 Å². The Labute approximate surface area is 166 Å². The molecule has 1 aromatic carbocycles. The number of fused-ring (bicyclic) bond motifs is 3. The number of likely N-dealkylation sites (tertiary alicyclic amines) is 1. The van der Waals surface area contributed by atoms with Gasteiger partial charge in [0.1, 0.15) is 22.8 Å². The highest BCUT2D eigenvalue weighted by molar-refractivity contribution is 5.82. The van der Waals surface area contributed by atoms with Gasteiger partial charge in [-0.15, -0.1) is 0 Å². The second-order valence-corrected chi connectivity index (χ2v) is 8.56. The quantitative estimate of drug-likeness (QED) is 0.748. The summed E-state index contributed by atoms with van der Waals surface area (Å²) in [6.45, 7) is 4.86. The summed E-state index contributed by atoms with van der Waals surface area (Å²) >= 11 is 0. The topological polar surface area (TPSA) is 54.4 Å². The molecule has 0 amide bonds. The van der Waals surface area contributed by atoms with Crippen molar-refractivity contribution in [2.45, 2.75) is 44.8 Å². The molecular formula is C23H29N3O2. The van der Waals surface area contributed by atoms with E-state index in [4.69, 9.17) is 4.42 Å². The molecule has 148 valence electrons. The number of aryl methyl sites for hydroxylation is 2. The number of rotatable bonds is 4. The van der Waals surface area contributed by atoms with Gasteiger partial charge in [-0.2, -0.15) is 0 Å². The van der Waals surface area contributed by atoms with Crippen molar-refractivity contribution in [2.24, 2.45) is 18.9 Å². The highest BCUT2D eigenvalue weighted by atomic mass is 16.3. The van der Waals surface area contributed by atoms with Crippen LogP contribution in [0.25, 0.3) is 11.0 Å². The van der Waals surface area contributed by atoms with Gasteiger partial charge in [0, 0.05) is 68.3 Å². The average Bonchev–Trinajstić information content (AvgIpc) is 3.26. The first-order valence-corrected chi connectivity index (χ1v) is 10.5. The van der Waals surface area contributed by atoms with Gasteiger partial charge < -0.3 is 14.1 Å². The van der Waals surface area contributed by atoms with Crippen molar-refractivity contribution in [3.05, 3.63) is 53.8 Å². The van der Waals surface area contributed by atoms with E-state index in [-0.39, 0.29) is 11.8 Å². The fourth-order valence-corrected chi connectivity index (χ4v) is 5.62. The molecule has 2 atom stereocenters. The molecule has 5 heteroatoms. The van der Waals surface area contributed by atoms with Gasteiger partial charge in [-0.1, -0.05) is 31.5 Å². The lowest BCUT2D eigenvalue weighted by Gasteiger charge is -2.52. The van der Waals surface area contributed by atoms with Gasteiger partial charge in [0.15, 0.2) is 0 Å². The Morgan fingerprint density at radius 1 is 1.21 bits per heavy atom. The molecule has 5 nitrogen and oxygen atoms in total. The molecule has 3 heterocycles. The molecule has 3 aromatic rings. The summed E-state index contributed by atoms with van der Waals surface area (Å²) in [5.41, 5.74) is 1.49. The number of aliphatic hydroxyl groups is 1. The molecule has 1 saturated carbocycles. The molecule has 2 bridgehead atoms. The third-order valence-electron chi connectivity index (χ3n) is 6.97. The second-order valence-electron chi connectivity index (χ2n) is 8.56. The first kappa shape index (κ1) is 18.0. The number of nitrogens with zero attached hydrogens (tertiary/aromatic N) is 3. The second kappa shape index (κ2) is 6.75. The highest BCUT2D eigenvalue weighted by Crippen LogP contribution is 2.49. The zero-order valence-corrected chi connectivity index (χ0v) is 16.8. The minimum Gasteiger partial charge on any atom is -0.461 e. The van der Waals surface area contributed by atoms with Crippen LogP contribution in [0, 0.1) is 11.8 Å². The van der Waals surface area contributed by atoms with E-state index in [2.05, 4.69) is 35.0 Å². The molecule has 5 rings (SSSR count). The zero-order chi connectivity index (χ0) is 19.3. The lowest BCUT2D eigenvalue weighted by molar-refractivity contribution is -0.155. The van der Waals surface area contributed by atoms with E-state index < -0.39 is 5.60 Å². The summed E-state index contributed by atoms with van der Waals surface area (Å²) in [7, 11) is 1.99. The molecule has 0 radical (unpaired) electrons. The minimum atomic E-state index is -0.806. The van der Waals surface area contributed by atoms with Crippen LogP contribution in [-0.4, -0.2) is 32.6 Å². The van der Waals surface area contributed by atoms with Crippen molar-refractivity contribution in [3.8, 4) is 0 Å². The maximum Gasteiger partial charge on any atom is 0.141 e. The van der Waals surface area contributed by atoms with Crippen LogP contribution < -0.4 is 0 Å². The van der Waals surface area contributed by atoms with Crippen molar-refractivity contribution >= 4 is 11.0 Å². The molecule has 1 N–H and O–H groups in total. The van der Waals surface area contributed by atoms with Crippen LogP contribution in [0.15, 0.2) is 41.1 Å². The van der Waals surface area contributed by atoms with Crippen molar-refractivity contribution < 1.29 is 9.52 Å². The monoisotopic (exact) mass is 379 g/mol. The summed E-state index contributed by atoms with van der Waals surface area (Å²) in [5.74, 6) is 2.38. The lowest BCUT2D eigenvalue weighted by atomic mass is 9.65. The van der Waals surface area contributed by atoms with Crippen LogP contribution in [0.5, 0.6) is 0 Å². The largest absolute Gasteiger partial charge is 0.461 e. The predicted molar refractivity (Wildman–Crippen MR) is 109 cm³/mol. The number of hydrogen-bond acceptors (Lipinski definition) is 4. The highest BCUT2D eigenvalue weighted by Gasteiger charge is 2.53. The molecule has 0 spiro atoms. The SMILES string of the molecule is CCc1oc2ccccc2c1CN1C[C@H]2CCC[C@H](C1)C2(O)c1nccn1C. The summed E-state index contributed by atoms with van der Waals surface area (Å²) < 4.78 is 8.11. The number of aromatic nitrogens is 2. The molecule has 1 aliphatic heterocycles. The molecule has 2 aromatic heterocycles. The van der Waals surface area contributed by atoms with Gasteiger partial charge in [0.25, 0.3) is 0 Å². The Kier molecular flexibility index (Phi) is 4.33. The Bertz CT molecular complexity index is 975.